The molecule has 0 heterocycles. The van der Waals surface area contributed by atoms with Crippen LogP contribution in [0, 0.1) is 6.92 Å². The molecule has 26 heavy (non-hydrogen) atoms. The summed E-state index contributed by atoms with van der Waals surface area (Å²) in [6.45, 7) is 3.63. The second-order valence-corrected chi connectivity index (χ2v) is 8.01. The van der Waals surface area contributed by atoms with E-state index >= 15 is 0 Å². The predicted octanol–water partition coefficient (Wildman–Crippen LogP) is 2.33. The Morgan fingerprint density at radius 3 is 2.31 bits per heavy atom. The number of likely N-dealkylation sites (N-methyl/N-ethyl adjacent to an activating group) is 1. The molecule has 1 amide bonds. The Morgan fingerprint density at radius 2 is 1.73 bits per heavy atom. The number of hydrogen-bond acceptors (Lipinski definition) is 4. The number of carbonyl (C=O) groups excluding carboxylic acids is 1. The number of amides is 1. The summed E-state index contributed by atoms with van der Waals surface area (Å²) >= 11 is 0. The third-order valence-corrected chi connectivity index (χ3v) is 5.70. The zero-order valence-corrected chi connectivity index (χ0v) is 16.0. The number of nitrogens with one attached hydrogen (secondary N) is 1. The summed E-state index contributed by atoms with van der Waals surface area (Å²) in [6.07, 6.45) is 2.47. The first kappa shape index (κ1) is 19.8. The number of aryl methyl sites for hydroxylation is 2. The molecule has 0 spiro atoms. The molecule has 6 nitrogen and oxygen atoms in total. The van der Waals surface area contributed by atoms with Crippen LogP contribution in [0.2, 0.25) is 0 Å². The van der Waals surface area contributed by atoms with Crippen LogP contribution in [0.3, 0.4) is 0 Å². The van der Waals surface area contributed by atoms with E-state index in [1.165, 1.54) is 31.0 Å². The van der Waals surface area contributed by atoms with Crippen molar-refractivity contribution in [1.29, 1.82) is 0 Å². The van der Waals surface area contributed by atoms with Crippen LogP contribution in [-0.4, -0.2) is 38.4 Å². The molecule has 2 rings (SSSR count). The van der Waals surface area contributed by atoms with Gasteiger partial charge in [0.15, 0.2) is 0 Å². The van der Waals surface area contributed by atoms with Gasteiger partial charge in [0.1, 0.15) is 0 Å². The van der Waals surface area contributed by atoms with E-state index in [4.69, 9.17) is 0 Å². The van der Waals surface area contributed by atoms with Crippen molar-refractivity contribution >= 4 is 22.1 Å². The van der Waals surface area contributed by atoms with Crippen molar-refractivity contribution in [2.75, 3.05) is 13.6 Å². The number of rotatable bonds is 7. The first-order chi connectivity index (χ1) is 12.3. The average Bonchev–Trinajstić information content (AvgIpc) is 2.62. The lowest BCUT2D eigenvalue weighted by atomic mass is 10.1. The van der Waals surface area contributed by atoms with Gasteiger partial charge in [-0.25, -0.2) is 13.8 Å². The summed E-state index contributed by atoms with van der Waals surface area (Å²) in [7, 11) is -2.35. The van der Waals surface area contributed by atoms with Crippen LogP contribution in [0.4, 0.5) is 0 Å². The standard InChI is InChI=1S/C19H23N3O3S/c1-4-16-7-9-17(10-8-16)13-20-21-19(23)14-22(3)26(24,25)18-11-5-15(2)6-12-18/h5-13H,4,14H2,1-3H3,(H,21,23)/b20-13+. The smallest absolute Gasteiger partial charge is 0.255 e. The minimum atomic E-state index is -3.72. The van der Waals surface area contributed by atoms with Crippen molar-refractivity contribution in [3.05, 3.63) is 65.2 Å². The quantitative estimate of drug-likeness (QED) is 0.598. The second kappa shape index (κ2) is 8.73. The van der Waals surface area contributed by atoms with Crippen LogP contribution in [0.25, 0.3) is 0 Å². The number of benzene rings is 2. The number of hydrogen-bond donors (Lipinski definition) is 1. The summed E-state index contributed by atoms with van der Waals surface area (Å²) < 4.78 is 25.9. The van der Waals surface area contributed by atoms with E-state index in [1.54, 1.807) is 12.1 Å². The topological polar surface area (TPSA) is 78.8 Å². The Kier molecular flexibility index (Phi) is 6.65. The molecule has 0 bridgehead atoms. The third-order valence-electron chi connectivity index (χ3n) is 3.89. The van der Waals surface area contributed by atoms with Gasteiger partial charge in [0, 0.05) is 7.05 Å². The van der Waals surface area contributed by atoms with Crippen molar-refractivity contribution in [3.63, 3.8) is 0 Å². The van der Waals surface area contributed by atoms with Gasteiger partial charge in [-0.2, -0.15) is 9.41 Å². The summed E-state index contributed by atoms with van der Waals surface area (Å²) in [4.78, 5) is 12.1. The molecular weight excluding hydrogens is 350 g/mol. The van der Waals surface area contributed by atoms with Gasteiger partial charge in [0.05, 0.1) is 17.7 Å². The van der Waals surface area contributed by atoms with Gasteiger partial charge in [-0.3, -0.25) is 4.79 Å². The number of nitrogens with zero attached hydrogens (tertiary/aromatic N) is 2. The van der Waals surface area contributed by atoms with E-state index in [9.17, 15) is 13.2 Å². The SMILES string of the molecule is CCc1ccc(/C=N/NC(=O)CN(C)S(=O)(=O)c2ccc(C)cc2)cc1. The summed E-state index contributed by atoms with van der Waals surface area (Å²) in [5, 5.41) is 3.87. The lowest BCUT2D eigenvalue weighted by molar-refractivity contribution is -0.121. The van der Waals surface area contributed by atoms with Gasteiger partial charge in [-0.1, -0.05) is 48.9 Å². The Bertz CT molecular complexity index is 873. The Balaban J connectivity index is 1.93. The largest absolute Gasteiger partial charge is 0.272 e. The summed E-state index contributed by atoms with van der Waals surface area (Å²) in [5.41, 5.74) is 5.38. The van der Waals surface area contributed by atoms with Crippen LogP contribution in [-0.2, 0) is 21.2 Å². The van der Waals surface area contributed by atoms with Gasteiger partial charge < -0.3 is 0 Å². The normalized spacial score (nSPS) is 11.8. The third kappa shape index (κ3) is 5.24. The number of sulfonamides is 1. The van der Waals surface area contributed by atoms with Crippen LogP contribution < -0.4 is 5.43 Å². The molecule has 0 aliphatic carbocycles. The zero-order valence-electron chi connectivity index (χ0n) is 15.1. The number of carbonyl (C=O) groups is 1. The maximum atomic E-state index is 12.4. The van der Waals surface area contributed by atoms with E-state index in [0.717, 1.165) is 21.9 Å². The zero-order chi connectivity index (χ0) is 19.2. The van der Waals surface area contributed by atoms with Gasteiger partial charge in [-0.15, -0.1) is 0 Å². The highest BCUT2D eigenvalue weighted by atomic mass is 32.2. The van der Waals surface area contributed by atoms with Crippen molar-refractivity contribution in [2.45, 2.75) is 25.2 Å². The van der Waals surface area contributed by atoms with Crippen LogP contribution in [0.1, 0.15) is 23.6 Å². The van der Waals surface area contributed by atoms with E-state index in [2.05, 4.69) is 17.5 Å². The molecule has 1 N–H and O–H groups in total. The maximum Gasteiger partial charge on any atom is 0.255 e. The molecule has 2 aromatic rings. The monoisotopic (exact) mass is 373 g/mol. The molecule has 0 aliphatic heterocycles. The first-order valence-corrected chi connectivity index (χ1v) is 9.71. The Morgan fingerprint density at radius 1 is 1.12 bits per heavy atom. The number of hydrazone groups is 1. The molecule has 0 fully saturated rings. The average molecular weight is 373 g/mol. The molecular formula is C19H23N3O3S. The van der Waals surface area contributed by atoms with Crippen molar-refractivity contribution < 1.29 is 13.2 Å². The lowest BCUT2D eigenvalue weighted by Crippen LogP contribution is -2.36. The van der Waals surface area contributed by atoms with Crippen molar-refractivity contribution in [3.8, 4) is 0 Å². The highest BCUT2D eigenvalue weighted by Gasteiger charge is 2.22. The van der Waals surface area contributed by atoms with E-state index in [-0.39, 0.29) is 11.4 Å². The predicted molar refractivity (Wildman–Crippen MR) is 103 cm³/mol. The molecule has 0 atom stereocenters. The highest BCUT2D eigenvalue weighted by molar-refractivity contribution is 7.89. The minimum absolute atomic E-state index is 0.151. The summed E-state index contributed by atoms with van der Waals surface area (Å²) in [6, 6.07) is 14.3. The maximum absolute atomic E-state index is 12.4. The Hall–Kier alpha value is -2.51. The summed E-state index contributed by atoms with van der Waals surface area (Å²) in [5.74, 6) is -0.510. The van der Waals surface area contributed by atoms with Crippen LogP contribution >= 0.6 is 0 Å². The van der Waals surface area contributed by atoms with Gasteiger partial charge >= 0.3 is 0 Å². The molecule has 0 unspecified atom stereocenters. The van der Waals surface area contributed by atoms with Crippen molar-refractivity contribution in [2.24, 2.45) is 5.10 Å². The minimum Gasteiger partial charge on any atom is -0.272 e. The molecule has 138 valence electrons. The molecule has 0 aromatic heterocycles. The molecule has 7 heteroatoms. The van der Waals surface area contributed by atoms with Crippen molar-refractivity contribution in [1.82, 2.24) is 9.73 Å². The molecule has 0 radical (unpaired) electrons. The lowest BCUT2D eigenvalue weighted by Gasteiger charge is -2.16. The van der Waals surface area contributed by atoms with Gasteiger partial charge in [-0.05, 0) is 36.6 Å². The second-order valence-electron chi connectivity index (χ2n) is 5.96. The van der Waals surface area contributed by atoms with Crippen LogP contribution in [0.5, 0.6) is 0 Å². The van der Waals surface area contributed by atoms with E-state index < -0.39 is 15.9 Å². The molecule has 0 aliphatic rings. The van der Waals surface area contributed by atoms with Crippen LogP contribution in [0.15, 0.2) is 58.5 Å². The van der Waals surface area contributed by atoms with E-state index in [0.29, 0.717) is 0 Å². The molecule has 0 saturated heterocycles. The Labute approximate surface area is 154 Å². The van der Waals surface area contributed by atoms with Gasteiger partial charge in [0.2, 0.25) is 10.0 Å². The first-order valence-electron chi connectivity index (χ1n) is 8.27. The fraction of sp³-hybridized carbons (Fsp3) is 0.263. The van der Waals surface area contributed by atoms with E-state index in [1.807, 2.05) is 31.2 Å². The molecule has 0 saturated carbocycles. The fourth-order valence-electron chi connectivity index (χ4n) is 2.23. The highest BCUT2D eigenvalue weighted by Crippen LogP contribution is 2.14. The van der Waals surface area contributed by atoms with Gasteiger partial charge in [0.25, 0.3) is 5.91 Å². The molecule has 2 aromatic carbocycles. The fourth-order valence-corrected chi connectivity index (χ4v) is 3.36.